The Kier molecular flexibility index (Phi) is 9.37. The maximum Gasteiger partial charge on any atom is 0.0991 e. The van der Waals surface area contributed by atoms with Gasteiger partial charge in [-0.25, -0.2) is 0 Å². The van der Waals surface area contributed by atoms with E-state index in [9.17, 15) is 0 Å². The lowest BCUT2D eigenvalue weighted by atomic mass is 9.77. The highest BCUT2D eigenvalue weighted by Gasteiger charge is 2.21. The normalized spacial score (nSPS) is 20.6. The fourth-order valence-corrected chi connectivity index (χ4v) is 3.82. The minimum absolute atomic E-state index is 0.699. The molecule has 0 aromatic heterocycles. The Morgan fingerprint density at radius 2 is 1.76 bits per heavy atom. The number of nitriles is 1. The van der Waals surface area contributed by atoms with Crippen LogP contribution in [0.25, 0.3) is 0 Å². The van der Waals surface area contributed by atoms with Gasteiger partial charge in [0.1, 0.15) is 0 Å². The van der Waals surface area contributed by atoms with Crippen LogP contribution in [0, 0.1) is 17.2 Å². The summed E-state index contributed by atoms with van der Waals surface area (Å²) in [7, 11) is 0. The lowest BCUT2D eigenvalue weighted by Crippen LogP contribution is -2.13. The van der Waals surface area contributed by atoms with Crippen molar-refractivity contribution < 1.29 is 4.74 Å². The third-order valence-corrected chi connectivity index (χ3v) is 5.40. The molecule has 2 nitrogen and oxygen atoms in total. The van der Waals surface area contributed by atoms with E-state index in [0.717, 1.165) is 37.5 Å². The van der Waals surface area contributed by atoms with Crippen LogP contribution < -0.4 is 0 Å². The molecule has 0 amide bonds. The van der Waals surface area contributed by atoms with E-state index < -0.39 is 0 Å². The molecule has 1 aliphatic carbocycles. The molecule has 0 radical (unpaired) electrons. The van der Waals surface area contributed by atoms with Gasteiger partial charge in [-0.3, -0.25) is 0 Å². The lowest BCUT2D eigenvalue weighted by molar-refractivity contribution is 0.126. The lowest BCUT2D eigenvalue weighted by Gasteiger charge is -2.29. The van der Waals surface area contributed by atoms with E-state index in [1.165, 1.54) is 50.5 Å². The van der Waals surface area contributed by atoms with Gasteiger partial charge in [0.05, 0.1) is 11.6 Å². The monoisotopic (exact) mass is 339 g/mol. The van der Waals surface area contributed by atoms with Gasteiger partial charge in [-0.1, -0.05) is 37.1 Å². The van der Waals surface area contributed by atoms with Crippen LogP contribution in [0.3, 0.4) is 0 Å². The van der Waals surface area contributed by atoms with Gasteiger partial charge in [0.2, 0.25) is 0 Å². The molecule has 0 spiro atoms. The fraction of sp³-hybridized carbons (Fsp3) is 0.609. The molecule has 0 heterocycles. The van der Waals surface area contributed by atoms with Crippen LogP contribution in [0.4, 0.5) is 0 Å². The van der Waals surface area contributed by atoms with Crippen molar-refractivity contribution in [3.63, 3.8) is 0 Å². The predicted molar refractivity (Wildman–Crippen MR) is 105 cm³/mol. The molecule has 25 heavy (non-hydrogen) atoms. The predicted octanol–water partition coefficient (Wildman–Crippen LogP) is 6.38. The zero-order valence-corrected chi connectivity index (χ0v) is 15.8. The van der Waals surface area contributed by atoms with Gasteiger partial charge in [0.25, 0.3) is 0 Å². The largest absolute Gasteiger partial charge is 0.381 e. The summed E-state index contributed by atoms with van der Waals surface area (Å²) in [5.41, 5.74) is 2.19. The zero-order valence-electron chi connectivity index (χ0n) is 15.8. The third kappa shape index (κ3) is 7.45. The molecule has 1 aromatic rings. The van der Waals surface area contributed by atoms with Crippen LogP contribution in [-0.4, -0.2) is 13.2 Å². The summed E-state index contributed by atoms with van der Waals surface area (Å²) < 4.78 is 5.71. The van der Waals surface area contributed by atoms with E-state index in [1.807, 2.05) is 12.1 Å². The molecule has 1 fully saturated rings. The van der Waals surface area contributed by atoms with E-state index in [-0.39, 0.29) is 0 Å². The van der Waals surface area contributed by atoms with E-state index in [0.29, 0.717) is 5.92 Å². The van der Waals surface area contributed by atoms with Crippen molar-refractivity contribution in [3.05, 3.63) is 47.5 Å². The first kappa shape index (κ1) is 19.7. The number of hydrogen-bond acceptors (Lipinski definition) is 2. The Morgan fingerprint density at radius 3 is 2.44 bits per heavy atom. The topological polar surface area (TPSA) is 33.0 Å². The second-order valence-electron chi connectivity index (χ2n) is 7.27. The average molecular weight is 340 g/mol. The number of ether oxygens (including phenoxy) is 1. The van der Waals surface area contributed by atoms with Crippen molar-refractivity contribution in [1.29, 1.82) is 5.26 Å². The molecule has 136 valence electrons. The van der Waals surface area contributed by atoms with Crippen LogP contribution in [-0.2, 0) is 4.74 Å². The number of hydrogen-bond donors (Lipinski definition) is 0. The minimum atomic E-state index is 0.699. The maximum atomic E-state index is 8.90. The standard InChI is InChI=1S/C23H33NO/c1-2-3-4-6-17-25-18-7-5-8-20-9-13-22(14-10-20)23-15-11-21(19-24)12-16-23/h2-3,11-12,15-16,20,22H,4-10,13-14,17-18H2,1H3/b3-2+. The summed E-state index contributed by atoms with van der Waals surface area (Å²) in [4.78, 5) is 0. The Bertz CT molecular complexity index is 532. The molecule has 1 aromatic carbocycles. The van der Waals surface area contributed by atoms with Crippen molar-refractivity contribution >= 4 is 0 Å². The van der Waals surface area contributed by atoms with Gasteiger partial charge in [0, 0.05) is 13.2 Å². The first-order valence-corrected chi connectivity index (χ1v) is 10.0. The second kappa shape index (κ2) is 11.9. The first-order valence-electron chi connectivity index (χ1n) is 10.0. The molecular formula is C23H33NO. The smallest absolute Gasteiger partial charge is 0.0991 e. The molecule has 0 aliphatic heterocycles. The van der Waals surface area contributed by atoms with Crippen molar-refractivity contribution in [2.45, 2.75) is 70.6 Å². The Balaban J connectivity index is 1.53. The first-order chi connectivity index (χ1) is 12.3. The van der Waals surface area contributed by atoms with Crippen LogP contribution in [0.2, 0.25) is 0 Å². The van der Waals surface area contributed by atoms with E-state index in [2.05, 4.69) is 37.3 Å². The summed E-state index contributed by atoms with van der Waals surface area (Å²) in [6.07, 6.45) is 15.8. The van der Waals surface area contributed by atoms with Gasteiger partial charge in [-0.05, 0) is 81.4 Å². The summed E-state index contributed by atoms with van der Waals surface area (Å²) in [6.45, 7) is 3.90. The van der Waals surface area contributed by atoms with Gasteiger partial charge in [-0.2, -0.15) is 5.26 Å². The van der Waals surface area contributed by atoms with E-state index in [4.69, 9.17) is 10.00 Å². The molecule has 0 unspecified atom stereocenters. The van der Waals surface area contributed by atoms with Crippen LogP contribution in [0.5, 0.6) is 0 Å². The Morgan fingerprint density at radius 1 is 1.04 bits per heavy atom. The van der Waals surface area contributed by atoms with Crippen LogP contribution in [0.1, 0.15) is 81.8 Å². The molecule has 0 bridgehead atoms. The van der Waals surface area contributed by atoms with Gasteiger partial charge in [-0.15, -0.1) is 0 Å². The summed E-state index contributed by atoms with van der Waals surface area (Å²) in [6, 6.07) is 10.4. The van der Waals surface area contributed by atoms with Gasteiger partial charge in [0.15, 0.2) is 0 Å². The van der Waals surface area contributed by atoms with Gasteiger partial charge >= 0.3 is 0 Å². The molecule has 2 heteroatoms. The second-order valence-corrected chi connectivity index (χ2v) is 7.27. The zero-order chi connectivity index (χ0) is 17.7. The number of rotatable bonds is 10. The number of benzene rings is 1. The summed E-state index contributed by atoms with van der Waals surface area (Å²) in [5, 5.41) is 8.90. The molecular weight excluding hydrogens is 306 g/mol. The SMILES string of the molecule is C/C=C/CCCOCCCCC1CCC(c2ccc(C#N)cc2)CC1. The van der Waals surface area contributed by atoms with E-state index >= 15 is 0 Å². The van der Waals surface area contributed by atoms with Crippen molar-refractivity contribution in [2.24, 2.45) is 5.92 Å². The highest BCUT2D eigenvalue weighted by Crippen LogP contribution is 2.37. The van der Waals surface area contributed by atoms with Crippen LogP contribution >= 0.6 is 0 Å². The van der Waals surface area contributed by atoms with Crippen LogP contribution in [0.15, 0.2) is 36.4 Å². The molecule has 0 atom stereocenters. The number of allylic oxidation sites excluding steroid dienone is 2. The highest BCUT2D eigenvalue weighted by molar-refractivity contribution is 5.33. The summed E-state index contributed by atoms with van der Waals surface area (Å²) in [5.74, 6) is 1.61. The number of nitrogens with zero attached hydrogens (tertiary/aromatic N) is 1. The fourth-order valence-electron chi connectivity index (χ4n) is 3.82. The van der Waals surface area contributed by atoms with Gasteiger partial charge < -0.3 is 4.74 Å². The van der Waals surface area contributed by atoms with Crippen molar-refractivity contribution in [3.8, 4) is 6.07 Å². The van der Waals surface area contributed by atoms with Crippen molar-refractivity contribution in [1.82, 2.24) is 0 Å². The third-order valence-electron chi connectivity index (χ3n) is 5.40. The minimum Gasteiger partial charge on any atom is -0.381 e. The molecule has 1 aliphatic rings. The molecule has 0 saturated heterocycles. The molecule has 2 rings (SSSR count). The average Bonchev–Trinajstić information content (AvgIpc) is 2.67. The Hall–Kier alpha value is -1.59. The number of unbranched alkanes of at least 4 members (excludes halogenated alkanes) is 2. The Labute approximate surface area is 153 Å². The summed E-state index contributed by atoms with van der Waals surface area (Å²) >= 11 is 0. The quantitative estimate of drug-likeness (QED) is 0.366. The highest BCUT2D eigenvalue weighted by atomic mass is 16.5. The molecule has 0 N–H and O–H groups in total. The maximum absolute atomic E-state index is 8.90. The van der Waals surface area contributed by atoms with Crippen molar-refractivity contribution in [2.75, 3.05) is 13.2 Å². The molecule has 1 saturated carbocycles. The van der Waals surface area contributed by atoms with E-state index in [1.54, 1.807) is 0 Å².